The summed E-state index contributed by atoms with van der Waals surface area (Å²) in [6.07, 6.45) is 3.43. The minimum Gasteiger partial charge on any atom is -0.497 e. The Kier molecular flexibility index (Phi) is 6.30. The average molecular weight is 372 g/mol. The average Bonchev–Trinajstić information content (AvgIpc) is 3.19. The molecule has 0 N–H and O–H groups in total. The van der Waals surface area contributed by atoms with Crippen molar-refractivity contribution in [3.05, 3.63) is 52.2 Å². The van der Waals surface area contributed by atoms with Gasteiger partial charge in [-0.1, -0.05) is 0 Å². The zero-order valence-electron chi connectivity index (χ0n) is 15.2. The molecule has 1 aliphatic rings. The molecule has 1 amide bonds. The van der Waals surface area contributed by atoms with Gasteiger partial charge in [0.15, 0.2) is 0 Å². The molecule has 1 aromatic carbocycles. The first-order chi connectivity index (χ1) is 12.7. The van der Waals surface area contributed by atoms with Crippen molar-refractivity contribution in [1.29, 1.82) is 0 Å². The Hall–Kier alpha value is -2.31. The van der Waals surface area contributed by atoms with Crippen molar-refractivity contribution >= 4 is 23.3 Å². The first kappa shape index (κ1) is 18.5. The second-order valence-corrected chi connectivity index (χ2v) is 6.95. The predicted octanol–water partition coefficient (Wildman–Crippen LogP) is 3.12. The van der Waals surface area contributed by atoms with Crippen molar-refractivity contribution in [2.24, 2.45) is 0 Å². The Labute approximate surface area is 158 Å². The summed E-state index contributed by atoms with van der Waals surface area (Å²) in [5.74, 6) is 1.46. The standard InChI is InChI=1S/C20H24N2O3S/c1-24-18-5-3-17(19(13-18)25-2)4-6-20(23)22-10-8-21(9-11-22)14-16-7-12-26-15-16/h3-7,12-13,15H,8-11,14H2,1-2H3/b6-4+. The third-order valence-electron chi connectivity index (χ3n) is 4.52. The summed E-state index contributed by atoms with van der Waals surface area (Å²) in [5.41, 5.74) is 2.21. The highest BCUT2D eigenvalue weighted by atomic mass is 32.1. The summed E-state index contributed by atoms with van der Waals surface area (Å²) in [4.78, 5) is 16.8. The molecule has 0 bridgehead atoms. The van der Waals surface area contributed by atoms with E-state index in [1.807, 2.05) is 23.1 Å². The molecule has 6 heteroatoms. The monoisotopic (exact) mass is 372 g/mol. The van der Waals surface area contributed by atoms with Crippen LogP contribution in [0.15, 0.2) is 41.1 Å². The van der Waals surface area contributed by atoms with E-state index in [9.17, 15) is 4.79 Å². The fourth-order valence-electron chi connectivity index (χ4n) is 2.99. The Morgan fingerprint density at radius 2 is 1.96 bits per heavy atom. The number of thiophene rings is 1. The van der Waals surface area contributed by atoms with Gasteiger partial charge < -0.3 is 14.4 Å². The summed E-state index contributed by atoms with van der Waals surface area (Å²) >= 11 is 1.72. The molecule has 1 fully saturated rings. The Bertz CT molecular complexity index is 750. The van der Waals surface area contributed by atoms with Gasteiger partial charge in [-0.2, -0.15) is 11.3 Å². The van der Waals surface area contributed by atoms with E-state index in [1.165, 1.54) is 5.56 Å². The van der Waals surface area contributed by atoms with Gasteiger partial charge in [0.25, 0.3) is 0 Å². The van der Waals surface area contributed by atoms with E-state index < -0.39 is 0 Å². The van der Waals surface area contributed by atoms with Gasteiger partial charge in [0, 0.05) is 50.4 Å². The molecule has 0 unspecified atom stereocenters. The maximum Gasteiger partial charge on any atom is 0.246 e. The van der Waals surface area contributed by atoms with Crippen LogP contribution in [0.5, 0.6) is 11.5 Å². The molecule has 138 valence electrons. The maximum atomic E-state index is 12.5. The Morgan fingerprint density at radius 1 is 1.15 bits per heavy atom. The second-order valence-electron chi connectivity index (χ2n) is 6.17. The SMILES string of the molecule is COc1ccc(/C=C/C(=O)N2CCN(Cc3ccsc3)CC2)c(OC)c1. The van der Waals surface area contributed by atoms with Crippen LogP contribution in [0.25, 0.3) is 6.08 Å². The number of amides is 1. The predicted molar refractivity (Wildman–Crippen MR) is 105 cm³/mol. The molecule has 0 atom stereocenters. The molecule has 0 saturated carbocycles. The fourth-order valence-corrected chi connectivity index (χ4v) is 3.65. The van der Waals surface area contributed by atoms with Crippen molar-refractivity contribution in [2.75, 3.05) is 40.4 Å². The van der Waals surface area contributed by atoms with Gasteiger partial charge in [0.2, 0.25) is 5.91 Å². The van der Waals surface area contributed by atoms with Gasteiger partial charge in [-0.25, -0.2) is 0 Å². The van der Waals surface area contributed by atoms with Crippen LogP contribution in [0.1, 0.15) is 11.1 Å². The van der Waals surface area contributed by atoms with Crippen LogP contribution in [0.4, 0.5) is 0 Å². The number of nitrogens with zero attached hydrogens (tertiary/aromatic N) is 2. The number of carbonyl (C=O) groups excluding carboxylic acids is 1. The number of benzene rings is 1. The van der Waals surface area contributed by atoms with Crippen molar-refractivity contribution in [2.45, 2.75) is 6.54 Å². The molecule has 0 aliphatic carbocycles. The summed E-state index contributed by atoms with van der Waals surface area (Å²) in [6, 6.07) is 7.72. The number of hydrogen-bond acceptors (Lipinski definition) is 5. The third kappa shape index (κ3) is 4.65. The van der Waals surface area contributed by atoms with Crippen LogP contribution in [0, 0.1) is 0 Å². The molecule has 1 aromatic heterocycles. The highest BCUT2D eigenvalue weighted by Crippen LogP contribution is 2.25. The van der Waals surface area contributed by atoms with Crippen LogP contribution in [0.2, 0.25) is 0 Å². The minimum absolute atomic E-state index is 0.0399. The lowest BCUT2D eigenvalue weighted by atomic mass is 10.1. The molecule has 3 rings (SSSR count). The zero-order valence-corrected chi connectivity index (χ0v) is 16.0. The molecule has 1 saturated heterocycles. The largest absolute Gasteiger partial charge is 0.497 e. The zero-order chi connectivity index (χ0) is 18.4. The normalized spacial score (nSPS) is 15.4. The van der Waals surface area contributed by atoms with Crippen molar-refractivity contribution < 1.29 is 14.3 Å². The Morgan fingerprint density at radius 3 is 2.62 bits per heavy atom. The number of carbonyl (C=O) groups is 1. The lowest BCUT2D eigenvalue weighted by molar-refractivity contribution is -0.127. The molecule has 0 radical (unpaired) electrons. The van der Waals surface area contributed by atoms with E-state index >= 15 is 0 Å². The van der Waals surface area contributed by atoms with Crippen molar-refractivity contribution in [1.82, 2.24) is 9.80 Å². The van der Waals surface area contributed by atoms with Crippen LogP contribution in [-0.2, 0) is 11.3 Å². The van der Waals surface area contributed by atoms with Gasteiger partial charge in [-0.05, 0) is 40.6 Å². The summed E-state index contributed by atoms with van der Waals surface area (Å²) in [5, 5.41) is 4.29. The van der Waals surface area contributed by atoms with E-state index in [1.54, 1.807) is 37.7 Å². The van der Waals surface area contributed by atoms with Gasteiger partial charge in [-0.15, -0.1) is 0 Å². The smallest absolute Gasteiger partial charge is 0.246 e. The topological polar surface area (TPSA) is 42.0 Å². The van der Waals surface area contributed by atoms with Crippen LogP contribution in [0.3, 0.4) is 0 Å². The first-order valence-corrected chi connectivity index (χ1v) is 9.56. The van der Waals surface area contributed by atoms with Crippen molar-refractivity contribution in [3.8, 4) is 11.5 Å². The number of ether oxygens (including phenoxy) is 2. The summed E-state index contributed by atoms with van der Waals surface area (Å²) < 4.78 is 10.6. The van der Waals surface area contributed by atoms with E-state index in [0.717, 1.165) is 44.0 Å². The third-order valence-corrected chi connectivity index (χ3v) is 5.25. The number of methoxy groups -OCH3 is 2. The number of hydrogen-bond donors (Lipinski definition) is 0. The van der Waals surface area contributed by atoms with Crippen LogP contribution in [-0.4, -0.2) is 56.1 Å². The number of piperazine rings is 1. The Balaban J connectivity index is 1.55. The summed E-state index contributed by atoms with van der Waals surface area (Å²) in [6.45, 7) is 4.28. The molecule has 5 nitrogen and oxygen atoms in total. The second kappa shape index (κ2) is 8.87. The van der Waals surface area contributed by atoms with E-state index in [0.29, 0.717) is 5.75 Å². The first-order valence-electron chi connectivity index (χ1n) is 8.62. The molecular formula is C20H24N2O3S. The van der Waals surface area contributed by atoms with E-state index in [2.05, 4.69) is 21.7 Å². The van der Waals surface area contributed by atoms with Crippen LogP contribution >= 0.6 is 11.3 Å². The van der Waals surface area contributed by atoms with Crippen LogP contribution < -0.4 is 9.47 Å². The lowest BCUT2D eigenvalue weighted by Crippen LogP contribution is -2.47. The maximum absolute atomic E-state index is 12.5. The molecule has 2 heterocycles. The molecule has 26 heavy (non-hydrogen) atoms. The lowest BCUT2D eigenvalue weighted by Gasteiger charge is -2.34. The highest BCUT2D eigenvalue weighted by Gasteiger charge is 2.19. The van der Waals surface area contributed by atoms with E-state index in [4.69, 9.17) is 9.47 Å². The molecule has 0 spiro atoms. The number of rotatable bonds is 6. The molecule has 2 aromatic rings. The molecular weight excluding hydrogens is 348 g/mol. The quantitative estimate of drug-likeness (QED) is 0.731. The van der Waals surface area contributed by atoms with Gasteiger partial charge in [0.05, 0.1) is 14.2 Å². The summed E-state index contributed by atoms with van der Waals surface area (Å²) in [7, 11) is 3.23. The van der Waals surface area contributed by atoms with Gasteiger partial charge in [0.1, 0.15) is 11.5 Å². The van der Waals surface area contributed by atoms with Gasteiger partial charge in [-0.3, -0.25) is 9.69 Å². The van der Waals surface area contributed by atoms with Gasteiger partial charge >= 0.3 is 0 Å². The molecule has 1 aliphatic heterocycles. The minimum atomic E-state index is 0.0399. The fraction of sp³-hybridized carbons (Fsp3) is 0.350. The van der Waals surface area contributed by atoms with E-state index in [-0.39, 0.29) is 5.91 Å². The highest BCUT2D eigenvalue weighted by molar-refractivity contribution is 7.07. The van der Waals surface area contributed by atoms with Crippen molar-refractivity contribution in [3.63, 3.8) is 0 Å².